The number of methoxy groups -OCH3 is 1. The maximum absolute atomic E-state index is 13.1. The largest absolute Gasteiger partial charge is 0.497 e. The van der Waals surface area contributed by atoms with Crippen LogP contribution >= 0.6 is 12.4 Å². The average molecular weight is 407 g/mol. The zero-order valence-electron chi connectivity index (χ0n) is 16.2. The normalized spacial score (nSPS) is 24.7. The summed E-state index contributed by atoms with van der Waals surface area (Å²) < 4.78 is 10.7. The molecule has 7 nitrogen and oxygen atoms in total. The van der Waals surface area contributed by atoms with Gasteiger partial charge in [-0.3, -0.25) is 4.79 Å². The first-order valence-electron chi connectivity index (χ1n) is 9.62. The number of hydrogen-bond acceptors (Lipinski definition) is 6. The fourth-order valence-corrected chi connectivity index (χ4v) is 4.38. The third-order valence-electron chi connectivity index (χ3n) is 5.98. The van der Waals surface area contributed by atoms with E-state index in [1.54, 1.807) is 7.11 Å². The predicted molar refractivity (Wildman–Crippen MR) is 107 cm³/mol. The molecular weight excluding hydrogens is 380 g/mol. The molecule has 0 radical (unpaired) electrons. The molecule has 0 spiro atoms. The molecule has 1 saturated heterocycles. The Morgan fingerprint density at radius 1 is 1.43 bits per heavy atom. The summed E-state index contributed by atoms with van der Waals surface area (Å²) in [6.07, 6.45) is 4.39. The first-order chi connectivity index (χ1) is 13.1. The lowest BCUT2D eigenvalue weighted by Crippen LogP contribution is -2.48. The molecule has 152 valence electrons. The number of nitrogens with zero attached hydrogens (tertiary/aromatic N) is 2. The van der Waals surface area contributed by atoms with Gasteiger partial charge in [-0.15, -0.1) is 12.4 Å². The second kappa shape index (κ2) is 8.49. The summed E-state index contributed by atoms with van der Waals surface area (Å²) in [7, 11) is 1.62. The van der Waals surface area contributed by atoms with Crippen molar-refractivity contribution in [2.45, 2.75) is 38.6 Å². The van der Waals surface area contributed by atoms with E-state index in [4.69, 9.17) is 9.26 Å². The first-order valence-corrected chi connectivity index (χ1v) is 9.62. The van der Waals surface area contributed by atoms with Gasteiger partial charge < -0.3 is 19.9 Å². The Morgan fingerprint density at radius 2 is 2.29 bits per heavy atom. The minimum atomic E-state index is -0.332. The molecule has 28 heavy (non-hydrogen) atoms. The summed E-state index contributed by atoms with van der Waals surface area (Å²) >= 11 is 0. The van der Waals surface area contributed by atoms with E-state index < -0.39 is 0 Å². The number of carbonyl (C=O) groups is 1. The van der Waals surface area contributed by atoms with Crippen molar-refractivity contribution in [3.63, 3.8) is 0 Å². The van der Waals surface area contributed by atoms with Crippen molar-refractivity contribution in [3.8, 4) is 17.1 Å². The molecule has 2 fully saturated rings. The van der Waals surface area contributed by atoms with Crippen molar-refractivity contribution in [1.82, 2.24) is 20.8 Å². The van der Waals surface area contributed by atoms with Crippen molar-refractivity contribution in [2.75, 3.05) is 20.2 Å². The van der Waals surface area contributed by atoms with Gasteiger partial charge in [0.05, 0.1) is 12.5 Å². The molecular formula is C20H27ClN4O3. The Kier molecular flexibility index (Phi) is 6.25. The molecule has 4 rings (SSSR count). The zero-order chi connectivity index (χ0) is 18.9. The number of hydrogen-bond donors (Lipinski definition) is 2. The van der Waals surface area contributed by atoms with Gasteiger partial charge in [0, 0.05) is 12.1 Å². The molecule has 2 aliphatic rings. The van der Waals surface area contributed by atoms with Gasteiger partial charge in [-0.25, -0.2) is 0 Å². The van der Waals surface area contributed by atoms with Gasteiger partial charge in [0.1, 0.15) is 11.8 Å². The molecule has 1 aliphatic heterocycles. The SMILES string of the molecule is COc1cccc(-c2noc(C(C)NC(=O)[C@@]34CCCC[C@H]3CNC4)n2)c1.Cl. The van der Waals surface area contributed by atoms with Crippen LogP contribution in [-0.2, 0) is 4.79 Å². The molecule has 2 heterocycles. The van der Waals surface area contributed by atoms with Crippen molar-refractivity contribution < 1.29 is 14.1 Å². The van der Waals surface area contributed by atoms with Crippen LogP contribution in [0.25, 0.3) is 11.4 Å². The molecule has 0 bridgehead atoms. The molecule has 1 unspecified atom stereocenters. The van der Waals surface area contributed by atoms with E-state index in [0.717, 1.165) is 43.7 Å². The molecule has 2 N–H and O–H groups in total. The van der Waals surface area contributed by atoms with E-state index in [9.17, 15) is 4.79 Å². The number of rotatable bonds is 5. The highest BCUT2D eigenvalue weighted by molar-refractivity contribution is 5.85. The van der Waals surface area contributed by atoms with E-state index in [1.165, 1.54) is 6.42 Å². The molecule has 1 aromatic carbocycles. The van der Waals surface area contributed by atoms with Crippen LogP contribution in [-0.4, -0.2) is 36.2 Å². The minimum absolute atomic E-state index is 0. The van der Waals surface area contributed by atoms with Gasteiger partial charge in [0.25, 0.3) is 0 Å². The van der Waals surface area contributed by atoms with Crippen LogP contribution in [0.2, 0.25) is 0 Å². The van der Waals surface area contributed by atoms with Gasteiger partial charge >= 0.3 is 0 Å². The van der Waals surface area contributed by atoms with Crippen molar-refractivity contribution in [1.29, 1.82) is 0 Å². The van der Waals surface area contributed by atoms with Crippen LogP contribution in [0.5, 0.6) is 5.75 Å². The third kappa shape index (κ3) is 3.73. The molecule has 1 amide bonds. The third-order valence-corrected chi connectivity index (χ3v) is 5.98. The highest BCUT2D eigenvalue weighted by atomic mass is 35.5. The van der Waals surface area contributed by atoms with Crippen LogP contribution in [0, 0.1) is 11.3 Å². The highest BCUT2D eigenvalue weighted by Gasteiger charge is 2.50. The molecule has 3 atom stereocenters. The average Bonchev–Trinajstić information content (AvgIpc) is 3.36. The van der Waals surface area contributed by atoms with Crippen LogP contribution in [0.1, 0.15) is 44.5 Å². The number of halogens is 1. The molecule has 2 aromatic rings. The maximum Gasteiger partial charge on any atom is 0.249 e. The van der Waals surface area contributed by atoms with E-state index in [2.05, 4.69) is 20.8 Å². The topological polar surface area (TPSA) is 89.3 Å². The van der Waals surface area contributed by atoms with Crippen molar-refractivity contribution >= 4 is 18.3 Å². The Morgan fingerprint density at radius 3 is 3.11 bits per heavy atom. The lowest BCUT2D eigenvalue weighted by molar-refractivity contribution is -0.134. The standard InChI is InChI=1S/C20H26N4O3.ClH/c1-13(22-19(25)20-9-4-3-7-15(20)11-21-12-20)18-23-17(24-27-18)14-6-5-8-16(10-14)26-2;/h5-6,8,10,13,15,21H,3-4,7,9,11-12H2,1-2H3,(H,22,25);1H/t13?,15-,20+;/m0./s1. The van der Waals surface area contributed by atoms with Gasteiger partial charge in [-0.05, 0) is 44.4 Å². The minimum Gasteiger partial charge on any atom is -0.497 e. The Labute approximate surface area is 171 Å². The summed E-state index contributed by atoms with van der Waals surface area (Å²) in [6, 6.07) is 7.17. The lowest BCUT2D eigenvalue weighted by Gasteiger charge is -2.37. The Hall–Kier alpha value is -2.12. The molecule has 1 saturated carbocycles. The van der Waals surface area contributed by atoms with Crippen LogP contribution in [0.15, 0.2) is 28.8 Å². The van der Waals surface area contributed by atoms with Crippen LogP contribution < -0.4 is 15.4 Å². The van der Waals surface area contributed by atoms with E-state index in [-0.39, 0.29) is 29.8 Å². The van der Waals surface area contributed by atoms with E-state index in [0.29, 0.717) is 17.6 Å². The fraction of sp³-hybridized carbons (Fsp3) is 0.550. The molecule has 1 aliphatic carbocycles. The summed E-state index contributed by atoms with van der Waals surface area (Å²) in [5.74, 6) is 2.16. The maximum atomic E-state index is 13.1. The smallest absolute Gasteiger partial charge is 0.249 e. The monoisotopic (exact) mass is 406 g/mol. The number of carbonyl (C=O) groups excluding carboxylic acids is 1. The number of fused-ring (bicyclic) bond motifs is 1. The summed E-state index contributed by atoms with van der Waals surface area (Å²) in [5, 5.41) is 10.6. The molecule has 8 heteroatoms. The Balaban J connectivity index is 0.00000225. The number of aromatic nitrogens is 2. The summed E-state index contributed by atoms with van der Waals surface area (Å²) in [6.45, 7) is 3.58. The first kappa shape index (κ1) is 20.6. The summed E-state index contributed by atoms with van der Waals surface area (Å²) in [5.41, 5.74) is 0.524. The summed E-state index contributed by atoms with van der Waals surface area (Å²) in [4.78, 5) is 17.6. The highest BCUT2D eigenvalue weighted by Crippen LogP contribution is 2.44. The second-order valence-corrected chi connectivity index (χ2v) is 7.61. The number of ether oxygens (including phenoxy) is 1. The van der Waals surface area contributed by atoms with E-state index >= 15 is 0 Å². The quantitative estimate of drug-likeness (QED) is 0.792. The van der Waals surface area contributed by atoms with Gasteiger partial charge in [-0.2, -0.15) is 4.98 Å². The number of nitrogens with one attached hydrogen (secondary N) is 2. The van der Waals surface area contributed by atoms with E-state index in [1.807, 2.05) is 31.2 Å². The van der Waals surface area contributed by atoms with Crippen LogP contribution in [0.3, 0.4) is 0 Å². The van der Waals surface area contributed by atoms with Gasteiger partial charge in [0.2, 0.25) is 17.6 Å². The lowest BCUT2D eigenvalue weighted by atomic mass is 9.67. The predicted octanol–water partition coefficient (Wildman–Crippen LogP) is 3.12. The van der Waals surface area contributed by atoms with Crippen LogP contribution in [0.4, 0.5) is 0 Å². The van der Waals surface area contributed by atoms with Crippen molar-refractivity contribution in [3.05, 3.63) is 30.2 Å². The van der Waals surface area contributed by atoms with Crippen molar-refractivity contribution in [2.24, 2.45) is 11.3 Å². The van der Waals surface area contributed by atoms with Gasteiger partial charge in [-0.1, -0.05) is 30.1 Å². The Bertz CT molecular complexity index is 827. The fourth-order valence-electron chi connectivity index (χ4n) is 4.38. The number of amides is 1. The van der Waals surface area contributed by atoms with Gasteiger partial charge in [0.15, 0.2) is 0 Å². The molecule has 1 aromatic heterocycles. The number of benzene rings is 1. The second-order valence-electron chi connectivity index (χ2n) is 7.61. The zero-order valence-corrected chi connectivity index (χ0v) is 17.1.